The van der Waals surface area contributed by atoms with Crippen LogP contribution >= 0.6 is 0 Å². The van der Waals surface area contributed by atoms with Crippen LogP contribution in [0.15, 0.2) is 115 Å². The van der Waals surface area contributed by atoms with Gasteiger partial charge in [0.2, 0.25) is 5.91 Å². The molecule has 3 N–H and O–H groups in total. The zero-order valence-electron chi connectivity index (χ0n) is 23.9. The lowest BCUT2D eigenvalue weighted by Crippen LogP contribution is -2.58. The number of aromatic amines is 1. The van der Waals surface area contributed by atoms with Crippen LogP contribution in [0.1, 0.15) is 30.5 Å². The van der Waals surface area contributed by atoms with Crippen molar-refractivity contribution >= 4 is 44.3 Å². The van der Waals surface area contributed by atoms with Gasteiger partial charge in [-0.1, -0.05) is 110 Å². The normalized spacial score (nSPS) is 13.3. The highest BCUT2D eigenvalue weighted by Crippen LogP contribution is 2.35. The van der Waals surface area contributed by atoms with Gasteiger partial charge in [-0.2, -0.15) is 0 Å². The Labute approximate surface area is 245 Å². The highest BCUT2D eigenvalue weighted by Gasteiger charge is 2.42. The molecule has 0 radical (unpaired) electrons. The van der Waals surface area contributed by atoms with E-state index < -0.39 is 16.9 Å². The number of aromatic nitrogens is 1. The van der Waals surface area contributed by atoms with Crippen molar-refractivity contribution in [3.8, 4) is 0 Å². The van der Waals surface area contributed by atoms with Gasteiger partial charge in [-0.05, 0) is 64.1 Å². The lowest BCUT2D eigenvalue weighted by atomic mass is 9.75. The number of carbonyl (C=O) groups is 2. The average Bonchev–Trinajstić information content (AvgIpc) is 3.39. The number of aliphatic carboxylic acids is 1. The van der Waals surface area contributed by atoms with Crippen LogP contribution in [-0.2, 0) is 28.9 Å². The van der Waals surface area contributed by atoms with Gasteiger partial charge in [-0.3, -0.25) is 4.79 Å². The maximum absolute atomic E-state index is 14.5. The first kappa shape index (κ1) is 27.3. The predicted octanol–water partition coefficient (Wildman–Crippen LogP) is 7.47. The molecule has 6 aromatic rings. The van der Waals surface area contributed by atoms with Gasteiger partial charge in [0.05, 0.1) is 5.41 Å². The third-order valence-electron chi connectivity index (χ3n) is 8.55. The van der Waals surface area contributed by atoms with Crippen molar-refractivity contribution in [2.24, 2.45) is 5.41 Å². The minimum atomic E-state index is -1.51. The molecule has 5 heteroatoms. The molecule has 1 heterocycles. The summed E-state index contributed by atoms with van der Waals surface area (Å²) in [6.07, 6.45) is 2.89. The van der Waals surface area contributed by atoms with Crippen molar-refractivity contribution in [3.05, 3.63) is 132 Å². The summed E-state index contributed by atoms with van der Waals surface area (Å²) in [6.45, 7) is 3.56. The fraction of sp³-hybridized carbons (Fsp3) is 0.189. The Morgan fingerprint density at radius 2 is 1.14 bits per heavy atom. The van der Waals surface area contributed by atoms with E-state index in [4.69, 9.17) is 0 Å². The van der Waals surface area contributed by atoms with Crippen molar-refractivity contribution in [3.63, 3.8) is 0 Å². The number of hydrogen-bond acceptors (Lipinski definition) is 2. The number of fused-ring (bicyclic) bond motifs is 3. The van der Waals surface area contributed by atoms with Crippen LogP contribution in [0.25, 0.3) is 32.4 Å². The third-order valence-corrected chi connectivity index (χ3v) is 8.55. The van der Waals surface area contributed by atoms with Gasteiger partial charge in [-0.15, -0.1) is 0 Å². The second-order valence-electron chi connectivity index (χ2n) is 11.8. The monoisotopic (exact) mass is 554 g/mol. The van der Waals surface area contributed by atoms with Crippen molar-refractivity contribution in [1.82, 2.24) is 10.3 Å². The third kappa shape index (κ3) is 5.14. The number of carboxylic acid groups (broad SMARTS) is 1. The van der Waals surface area contributed by atoms with Gasteiger partial charge >= 0.3 is 5.97 Å². The molecule has 0 aliphatic rings. The Balaban J connectivity index is 1.40. The van der Waals surface area contributed by atoms with E-state index in [1.165, 1.54) is 0 Å². The van der Waals surface area contributed by atoms with E-state index in [9.17, 15) is 14.7 Å². The van der Waals surface area contributed by atoms with Gasteiger partial charge < -0.3 is 15.4 Å². The summed E-state index contributed by atoms with van der Waals surface area (Å²) < 4.78 is 0. The Hall–Kier alpha value is -4.90. The lowest BCUT2D eigenvalue weighted by Gasteiger charge is -2.35. The molecule has 1 amide bonds. The topological polar surface area (TPSA) is 82.2 Å². The Kier molecular flexibility index (Phi) is 7.03. The summed E-state index contributed by atoms with van der Waals surface area (Å²) in [7, 11) is 0. The van der Waals surface area contributed by atoms with Gasteiger partial charge in [0.25, 0.3) is 0 Å². The van der Waals surface area contributed by atoms with E-state index in [-0.39, 0.29) is 12.3 Å². The standard InChI is InChI=1S/C37H34N2O3/c1-36(21-27-15-9-13-25-11-3-5-17-30(25)27,22-28-16-10-14-26-12-4-6-18-31(26)28)34(40)39-37(2,35(41)42)23-29-24-38-33-20-8-7-19-32(29)33/h3-20,24,38H,21-23H2,1-2H3,(H,39,40)(H,41,42)/t37-/m1/s1. The highest BCUT2D eigenvalue weighted by molar-refractivity contribution is 5.93. The molecule has 210 valence electrons. The van der Waals surface area contributed by atoms with Gasteiger partial charge in [0, 0.05) is 23.5 Å². The molecular formula is C37H34N2O3. The van der Waals surface area contributed by atoms with Crippen LogP contribution in [0.5, 0.6) is 0 Å². The van der Waals surface area contributed by atoms with Crippen LogP contribution in [0, 0.1) is 5.41 Å². The number of H-pyrrole nitrogens is 1. The summed E-state index contributed by atoms with van der Waals surface area (Å²) in [5, 5.41) is 18.8. The molecule has 0 bridgehead atoms. The fourth-order valence-electron chi connectivity index (χ4n) is 6.19. The van der Waals surface area contributed by atoms with E-state index >= 15 is 0 Å². The number of nitrogens with one attached hydrogen (secondary N) is 2. The molecule has 5 nitrogen and oxygen atoms in total. The summed E-state index contributed by atoms with van der Waals surface area (Å²) in [5.74, 6) is -1.35. The zero-order chi connectivity index (χ0) is 29.3. The number of para-hydroxylation sites is 1. The molecule has 0 spiro atoms. The SMILES string of the molecule is CC(Cc1cccc2ccccc12)(Cc1cccc2ccccc12)C(=O)N[C@](C)(Cc1c[nH]c2ccccc12)C(=O)O. The number of carboxylic acids is 1. The van der Waals surface area contributed by atoms with Crippen molar-refractivity contribution in [2.45, 2.75) is 38.6 Å². The average molecular weight is 555 g/mol. The highest BCUT2D eigenvalue weighted by atomic mass is 16.4. The van der Waals surface area contributed by atoms with E-state index in [0.717, 1.165) is 49.1 Å². The van der Waals surface area contributed by atoms with Crippen molar-refractivity contribution in [2.75, 3.05) is 0 Å². The molecule has 0 fully saturated rings. The predicted molar refractivity (Wildman–Crippen MR) is 170 cm³/mol. The first-order valence-electron chi connectivity index (χ1n) is 14.3. The number of hydrogen-bond donors (Lipinski definition) is 3. The second kappa shape index (κ2) is 10.8. The summed E-state index contributed by atoms with van der Waals surface area (Å²) in [5.41, 5.74) is 1.44. The summed E-state index contributed by atoms with van der Waals surface area (Å²) in [4.78, 5) is 30.5. The van der Waals surface area contributed by atoms with E-state index in [1.807, 2.05) is 73.8 Å². The lowest BCUT2D eigenvalue weighted by molar-refractivity contribution is -0.148. The van der Waals surface area contributed by atoms with Crippen LogP contribution < -0.4 is 5.32 Å². The molecular weight excluding hydrogens is 520 g/mol. The largest absolute Gasteiger partial charge is 0.480 e. The van der Waals surface area contributed by atoms with Crippen LogP contribution in [0.2, 0.25) is 0 Å². The second-order valence-corrected chi connectivity index (χ2v) is 11.8. The number of rotatable bonds is 9. The minimum absolute atomic E-state index is 0.150. The van der Waals surface area contributed by atoms with Crippen LogP contribution in [-0.4, -0.2) is 27.5 Å². The Morgan fingerprint density at radius 3 is 1.71 bits per heavy atom. The first-order chi connectivity index (χ1) is 20.3. The van der Waals surface area contributed by atoms with Crippen molar-refractivity contribution < 1.29 is 14.7 Å². The number of amides is 1. The van der Waals surface area contributed by atoms with Gasteiger partial charge in [0.1, 0.15) is 5.54 Å². The van der Waals surface area contributed by atoms with E-state index in [0.29, 0.717) is 12.8 Å². The molecule has 0 unspecified atom stereocenters. The fourth-order valence-corrected chi connectivity index (χ4v) is 6.19. The summed E-state index contributed by atoms with van der Waals surface area (Å²) in [6, 6.07) is 36.5. The molecule has 0 aliphatic carbocycles. The maximum atomic E-state index is 14.5. The molecule has 1 atom stereocenters. The number of carbonyl (C=O) groups excluding carboxylic acids is 1. The maximum Gasteiger partial charge on any atom is 0.329 e. The summed E-state index contributed by atoms with van der Waals surface area (Å²) >= 11 is 0. The van der Waals surface area contributed by atoms with Crippen LogP contribution in [0.4, 0.5) is 0 Å². The van der Waals surface area contributed by atoms with Crippen molar-refractivity contribution in [1.29, 1.82) is 0 Å². The molecule has 42 heavy (non-hydrogen) atoms. The molecule has 0 saturated carbocycles. The molecule has 6 rings (SSSR count). The zero-order valence-corrected chi connectivity index (χ0v) is 23.9. The van der Waals surface area contributed by atoms with Gasteiger partial charge in [-0.25, -0.2) is 4.79 Å². The van der Waals surface area contributed by atoms with Gasteiger partial charge in [0.15, 0.2) is 0 Å². The Bertz CT molecular complexity index is 1850. The molecule has 0 saturated heterocycles. The molecule has 0 aliphatic heterocycles. The minimum Gasteiger partial charge on any atom is -0.480 e. The molecule has 5 aromatic carbocycles. The quantitative estimate of drug-likeness (QED) is 0.173. The van der Waals surface area contributed by atoms with Crippen LogP contribution in [0.3, 0.4) is 0 Å². The molecule has 1 aromatic heterocycles. The number of benzene rings is 5. The van der Waals surface area contributed by atoms with E-state index in [2.05, 4.69) is 58.8 Å². The first-order valence-corrected chi connectivity index (χ1v) is 14.3. The smallest absolute Gasteiger partial charge is 0.329 e. The Morgan fingerprint density at radius 1 is 0.643 bits per heavy atom. The van der Waals surface area contributed by atoms with E-state index in [1.54, 1.807) is 6.92 Å².